The molecule has 11 heteroatoms. The van der Waals surface area contributed by atoms with Crippen LogP contribution in [0.3, 0.4) is 0 Å². The summed E-state index contributed by atoms with van der Waals surface area (Å²) >= 11 is 6.30. The highest BCUT2D eigenvalue weighted by molar-refractivity contribution is 6.30. The number of unbranched alkanes of at least 4 members (excludes halogenated alkanes) is 1. The number of hydrogen-bond donors (Lipinski definition) is 5. The zero-order chi connectivity index (χ0) is 32.6. The van der Waals surface area contributed by atoms with Crippen molar-refractivity contribution in [1.82, 2.24) is 21.3 Å². The summed E-state index contributed by atoms with van der Waals surface area (Å²) in [7, 11) is 0. The van der Waals surface area contributed by atoms with E-state index in [4.69, 9.17) is 16.3 Å². The Morgan fingerprint density at radius 2 is 1.78 bits per heavy atom. The van der Waals surface area contributed by atoms with Crippen molar-refractivity contribution in [3.05, 3.63) is 70.7 Å². The lowest BCUT2D eigenvalue weighted by Crippen LogP contribution is -2.56. The summed E-state index contributed by atoms with van der Waals surface area (Å²) in [5.41, 5.74) is 0.942. The number of nitrogens with one attached hydrogen (secondary N) is 4. The first-order valence-electron chi connectivity index (χ1n) is 15.8. The van der Waals surface area contributed by atoms with E-state index >= 15 is 0 Å². The van der Waals surface area contributed by atoms with Crippen LogP contribution in [0.4, 0.5) is 4.79 Å². The van der Waals surface area contributed by atoms with E-state index in [9.17, 15) is 24.3 Å². The maximum Gasteiger partial charge on any atom is 0.408 e. The molecule has 0 spiro atoms. The molecule has 45 heavy (non-hydrogen) atoms. The Morgan fingerprint density at radius 3 is 2.40 bits per heavy atom. The Hall–Kier alpha value is -3.63. The van der Waals surface area contributed by atoms with E-state index in [0.717, 1.165) is 30.4 Å². The van der Waals surface area contributed by atoms with Gasteiger partial charge in [0, 0.05) is 28.9 Å². The molecule has 4 amide bonds. The smallest absolute Gasteiger partial charge is 0.408 e. The normalized spacial score (nSPS) is 19.0. The lowest BCUT2D eigenvalue weighted by molar-refractivity contribution is -0.134. The largest absolute Gasteiger partial charge is 0.440 e. The lowest BCUT2D eigenvalue weighted by atomic mass is 9.76. The number of ether oxygens (including phenoxy) is 1. The first-order valence-corrected chi connectivity index (χ1v) is 16.2. The molecule has 2 aromatic carbocycles. The Balaban J connectivity index is 1.52. The van der Waals surface area contributed by atoms with Gasteiger partial charge in [-0.2, -0.15) is 0 Å². The first-order chi connectivity index (χ1) is 21.5. The highest BCUT2D eigenvalue weighted by Gasteiger charge is 2.39. The number of amides is 4. The van der Waals surface area contributed by atoms with Gasteiger partial charge >= 0.3 is 6.09 Å². The van der Waals surface area contributed by atoms with Crippen LogP contribution in [0.25, 0.3) is 0 Å². The van der Waals surface area contributed by atoms with Crippen molar-refractivity contribution < 1.29 is 29.0 Å². The van der Waals surface area contributed by atoms with Crippen molar-refractivity contribution in [2.75, 3.05) is 6.54 Å². The summed E-state index contributed by atoms with van der Waals surface area (Å²) in [6.07, 6.45) is 0.952. The molecule has 1 unspecified atom stereocenters. The van der Waals surface area contributed by atoms with Gasteiger partial charge in [-0.25, -0.2) is 4.79 Å². The molecule has 2 aromatic rings. The number of carbonyl (C=O) groups excluding carboxylic acids is 4. The zero-order valence-corrected chi connectivity index (χ0v) is 26.9. The molecule has 0 bridgehead atoms. The van der Waals surface area contributed by atoms with Crippen LogP contribution in [0.2, 0.25) is 5.02 Å². The van der Waals surface area contributed by atoms with Gasteiger partial charge in [0.2, 0.25) is 11.8 Å². The van der Waals surface area contributed by atoms with Crippen molar-refractivity contribution in [1.29, 1.82) is 0 Å². The SMILES string of the molecule is CCCC[C@H](NC(=O)O[C@@H](c1ccccc1)C(C)(C)c1cccc(Cl)c1)C(=O)N[C@@H](C[C@@H]1CCNC1=O)C(O)C(=O)NC1CC1. The van der Waals surface area contributed by atoms with Gasteiger partial charge in [-0.15, -0.1) is 0 Å². The summed E-state index contributed by atoms with van der Waals surface area (Å²) in [6, 6.07) is 14.8. The molecule has 5 N–H and O–H groups in total. The molecule has 0 radical (unpaired) electrons. The molecule has 1 aliphatic heterocycles. The van der Waals surface area contributed by atoms with Gasteiger partial charge in [-0.1, -0.05) is 87.7 Å². The molecule has 10 nitrogen and oxygen atoms in total. The van der Waals surface area contributed by atoms with E-state index < -0.39 is 53.5 Å². The average Bonchev–Trinajstić information content (AvgIpc) is 3.75. The van der Waals surface area contributed by atoms with Crippen LogP contribution in [0, 0.1) is 5.92 Å². The number of aliphatic hydroxyl groups excluding tert-OH is 1. The molecule has 5 atom stereocenters. The van der Waals surface area contributed by atoms with Crippen LogP contribution >= 0.6 is 11.6 Å². The fourth-order valence-electron chi connectivity index (χ4n) is 5.68. The number of rotatable bonds is 15. The number of carbonyl (C=O) groups is 4. The number of hydrogen-bond acceptors (Lipinski definition) is 6. The third-order valence-electron chi connectivity index (χ3n) is 8.61. The third-order valence-corrected chi connectivity index (χ3v) is 8.84. The van der Waals surface area contributed by atoms with Crippen LogP contribution in [0.5, 0.6) is 0 Å². The number of benzene rings is 2. The summed E-state index contributed by atoms with van der Waals surface area (Å²) < 4.78 is 6.08. The van der Waals surface area contributed by atoms with Gasteiger partial charge in [-0.05, 0) is 55.4 Å². The van der Waals surface area contributed by atoms with Crippen LogP contribution in [0.1, 0.15) is 82.9 Å². The Labute approximate surface area is 270 Å². The standard InChI is InChI=1S/C34H45ClN4O6/c1-4-5-14-26(31(42)38-27(19-22-17-18-36-30(22)41)28(40)32(43)37-25-15-16-25)39-33(44)45-29(21-10-7-6-8-11-21)34(2,3)23-12-9-13-24(35)20-23/h6-13,20,22,25-29,40H,4-5,14-19H2,1-3H3,(H,36,41)(H,37,43)(H,38,42)(H,39,44)/t22-,26-,27-,28?,29-/m0/s1. The quantitative estimate of drug-likeness (QED) is 0.196. The average molecular weight is 641 g/mol. The summed E-state index contributed by atoms with van der Waals surface area (Å²) in [6.45, 7) is 6.39. The molecule has 2 fully saturated rings. The van der Waals surface area contributed by atoms with Crippen LogP contribution < -0.4 is 21.3 Å². The van der Waals surface area contributed by atoms with Crippen LogP contribution in [-0.2, 0) is 24.5 Å². The molecular weight excluding hydrogens is 596 g/mol. The fourth-order valence-corrected chi connectivity index (χ4v) is 5.87. The molecular formula is C34H45ClN4O6. The van der Waals surface area contributed by atoms with Gasteiger partial charge < -0.3 is 31.1 Å². The summed E-state index contributed by atoms with van der Waals surface area (Å²) in [4.78, 5) is 52.3. The molecule has 2 aliphatic rings. The zero-order valence-electron chi connectivity index (χ0n) is 26.2. The van der Waals surface area contributed by atoms with E-state index in [2.05, 4.69) is 21.3 Å². The number of aliphatic hydroxyl groups is 1. The lowest BCUT2D eigenvalue weighted by Gasteiger charge is -2.35. The Kier molecular flexibility index (Phi) is 11.9. The second-order valence-electron chi connectivity index (χ2n) is 12.6. The summed E-state index contributed by atoms with van der Waals surface area (Å²) in [5.74, 6) is -1.78. The highest BCUT2D eigenvalue weighted by atomic mass is 35.5. The van der Waals surface area contributed by atoms with Gasteiger partial charge in [-0.3, -0.25) is 14.4 Å². The molecule has 4 rings (SSSR count). The van der Waals surface area contributed by atoms with Crippen molar-refractivity contribution in [2.45, 2.75) is 101 Å². The second-order valence-corrected chi connectivity index (χ2v) is 13.1. The minimum atomic E-state index is -1.55. The van der Waals surface area contributed by atoms with Crippen LogP contribution in [0.15, 0.2) is 54.6 Å². The Morgan fingerprint density at radius 1 is 1.04 bits per heavy atom. The van der Waals surface area contributed by atoms with Gasteiger partial charge in [0.25, 0.3) is 5.91 Å². The predicted molar refractivity (Wildman–Crippen MR) is 171 cm³/mol. The van der Waals surface area contributed by atoms with E-state index in [-0.39, 0.29) is 18.4 Å². The van der Waals surface area contributed by atoms with Gasteiger partial charge in [0.15, 0.2) is 6.10 Å². The number of alkyl carbamates (subject to hydrolysis) is 1. The maximum absolute atomic E-state index is 13.7. The molecule has 1 aliphatic carbocycles. The van der Waals surface area contributed by atoms with E-state index in [1.807, 2.05) is 69.3 Å². The van der Waals surface area contributed by atoms with Crippen molar-refractivity contribution >= 4 is 35.4 Å². The molecule has 1 heterocycles. The Bertz CT molecular complexity index is 1330. The second kappa shape index (κ2) is 15.6. The van der Waals surface area contributed by atoms with Gasteiger partial charge in [0.05, 0.1) is 6.04 Å². The fraction of sp³-hybridized carbons (Fsp3) is 0.529. The third kappa shape index (κ3) is 9.43. The molecule has 1 saturated heterocycles. The summed E-state index contributed by atoms with van der Waals surface area (Å²) in [5, 5.41) is 22.6. The van der Waals surface area contributed by atoms with Crippen molar-refractivity contribution in [2.24, 2.45) is 5.92 Å². The van der Waals surface area contributed by atoms with E-state index in [1.54, 1.807) is 6.07 Å². The molecule has 1 saturated carbocycles. The van der Waals surface area contributed by atoms with E-state index in [0.29, 0.717) is 30.8 Å². The topological polar surface area (TPSA) is 146 Å². The molecule has 0 aromatic heterocycles. The maximum atomic E-state index is 13.7. The van der Waals surface area contributed by atoms with Crippen molar-refractivity contribution in [3.8, 4) is 0 Å². The predicted octanol–water partition coefficient (Wildman–Crippen LogP) is 4.29. The molecule has 244 valence electrons. The van der Waals surface area contributed by atoms with Crippen LogP contribution in [-0.4, -0.2) is 59.7 Å². The number of halogens is 1. The monoisotopic (exact) mass is 640 g/mol. The first kappa shape index (κ1) is 34.2. The van der Waals surface area contributed by atoms with Gasteiger partial charge in [0.1, 0.15) is 12.1 Å². The van der Waals surface area contributed by atoms with E-state index in [1.165, 1.54) is 0 Å². The minimum absolute atomic E-state index is 0.0146. The minimum Gasteiger partial charge on any atom is -0.440 e. The van der Waals surface area contributed by atoms with Crippen molar-refractivity contribution in [3.63, 3.8) is 0 Å². The highest BCUT2D eigenvalue weighted by Crippen LogP contribution is 2.40.